The zero-order valence-electron chi connectivity index (χ0n) is 11.6. The van der Waals surface area contributed by atoms with Crippen LogP contribution in [0, 0.1) is 6.92 Å². The quantitative estimate of drug-likeness (QED) is 0.706. The van der Waals surface area contributed by atoms with Gasteiger partial charge in [-0.2, -0.15) is 0 Å². The predicted molar refractivity (Wildman–Crippen MR) is 72.5 cm³/mol. The number of pyridine rings is 1. The molecular weight excluding hydrogens is 226 g/mol. The molecular formula is C15H23NO2. The largest absolute Gasteiger partial charge is 0.372 e. The number of aromatic nitrogens is 1. The molecule has 1 aromatic rings. The maximum absolute atomic E-state index is 11.8. The number of carbonyl (C=O) groups is 1. The van der Waals surface area contributed by atoms with Crippen molar-refractivity contribution in [1.82, 2.24) is 4.98 Å². The minimum absolute atomic E-state index is 0.195. The van der Waals surface area contributed by atoms with Crippen molar-refractivity contribution in [1.29, 1.82) is 0 Å². The van der Waals surface area contributed by atoms with Crippen LogP contribution < -0.4 is 0 Å². The Morgan fingerprint density at radius 3 is 2.78 bits per heavy atom. The minimum Gasteiger partial charge on any atom is -0.372 e. The number of hydrogen-bond donors (Lipinski definition) is 0. The van der Waals surface area contributed by atoms with Crippen LogP contribution in [0.5, 0.6) is 0 Å². The third-order valence-corrected chi connectivity index (χ3v) is 2.83. The fourth-order valence-corrected chi connectivity index (χ4v) is 1.88. The van der Waals surface area contributed by atoms with Crippen LogP contribution in [-0.4, -0.2) is 17.4 Å². The fraction of sp³-hybridized carbons (Fsp3) is 0.600. The number of unbranched alkanes of at least 4 members (excludes halogenated alkanes) is 1. The molecule has 0 amide bonds. The normalized spacial score (nSPS) is 12.4. The lowest BCUT2D eigenvalue weighted by Gasteiger charge is -2.16. The summed E-state index contributed by atoms with van der Waals surface area (Å²) in [6, 6.07) is 5.84. The molecule has 0 aliphatic rings. The Morgan fingerprint density at radius 1 is 1.39 bits per heavy atom. The van der Waals surface area contributed by atoms with Crippen LogP contribution in [0.4, 0.5) is 0 Å². The fourth-order valence-electron chi connectivity index (χ4n) is 1.88. The van der Waals surface area contributed by atoms with Gasteiger partial charge in [0, 0.05) is 25.1 Å². The molecule has 1 unspecified atom stereocenters. The van der Waals surface area contributed by atoms with Crippen molar-refractivity contribution in [3.05, 3.63) is 29.6 Å². The lowest BCUT2D eigenvalue weighted by Crippen LogP contribution is -2.12. The van der Waals surface area contributed by atoms with Gasteiger partial charge in [-0.25, -0.2) is 0 Å². The molecule has 0 fully saturated rings. The van der Waals surface area contributed by atoms with Crippen molar-refractivity contribution in [2.75, 3.05) is 6.61 Å². The summed E-state index contributed by atoms with van der Waals surface area (Å²) in [5.41, 5.74) is 1.82. The number of hydrogen-bond acceptors (Lipinski definition) is 3. The molecule has 0 aliphatic carbocycles. The SMILES string of the molecule is CCCCC(=O)CC(OCC)c1cccc(C)n1. The molecule has 100 valence electrons. The van der Waals surface area contributed by atoms with E-state index in [-0.39, 0.29) is 11.9 Å². The average Bonchev–Trinajstić information content (AvgIpc) is 2.36. The summed E-state index contributed by atoms with van der Waals surface area (Å²) >= 11 is 0. The van der Waals surface area contributed by atoms with Gasteiger partial charge in [0.15, 0.2) is 0 Å². The number of ether oxygens (including phenoxy) is 1. The van der Waals surface area contributed by atoms with Gasteiger partial charge in [-0.05, 0) is 32.4 Å². The van der Waals surface area contributed by atoms with Crippen LogP contribution in [0.1, 0.15) is 57.0 Å². The predicted octanol–water partition coefficient (Wildman–Crippen LogP) is 3.62. The second-order valence-electron chi connectivity index (χ2n) is 4.49. The van der Waals surface area contributed by atoms with Gasteiger partial charge < -0.3 is 4.74 Å². The van der Waals surface area contributed by atoms with Gasteiger partial charge in [0.1, 0.15) is 11.9 Å². The minimum atomic E-state index is -0.195. The molecule has 1 heterocycles. The Balaban J connectivity index is 2.67. The van der Waals surface area contributed by atoms with Gasteiger partial charge in [-0.3, -0.25) is 9.78 Å². The second-order valence-corrected chi connectivity index (χ2v) is 4.49. The van der Waals surface area contributed by atoms with Crippen molar-refractivity contribution in [2.24, 2.45) is 0 Å². The number of nitrogens with zero attached hydrogens (tertiary/aromatic N) is 1. The van der Waals surface area contributed by atoms with Crippen LogP contribution in [0.3, 0.4) is 0 Å². The first-order valence-corrected chi connectivity index (χ1v) is 6.74. The van der Waals surface area contributed by atoms with E-state index in [9.17, 15) is 4.79 Å². The van der Waals surface area contributed by atoms with E-state index < -0.39 is 0 Å². The topological polar surface area (TPSA) is 39.2 Å². The van der Waals surface area contributed by atoms with E-state index in [2.05, 4.69) is 11.9 Å². The van der Waals surface area contributed by atoms with Crippen LogP contribution >= 0.6 is 0 Å². The van der Waals surface area contributed by atoms with Gasteiger partial charge >= 0.3 is 0 Å². The molecule has 18 heavy (non-hydrogen) atoms. The summed E-state index contributed by atoms with van der Waals surface area (Å²) in [5.74, 6) is 0.263. The highest BCUT2D eigenvalue weighted by atomic mass is 16.5. The van der Waals surface area contributed by atoms with Crippen molar-refractivity contribution in [3.63, 3.8) is 0 Å². The first-order valence-electron chi connectivity index (χ1n) is 6.74. The molecule has 1 atom stereocenters. The van der Waals surface area contributed by atoms with Crippen LogP contribution in [-0.2, 0) is 9.53 Å². The van der Waals surface area contributed by atoms with Gasteiger partial charge in [0.25, 0.3) is 0 Å². The number of Topliss-reactive ketones (excluding diaryl/α,β-unsaturated/α-hetero) is 1. The molecule has 0 radical (unpaired) electrons. The smallest absolute Gasteiger partial charge is 0.135 e. The molecule has 0 aromatic carbocycles. The zero-order valence-corrected chi connectivity index (χ0v) is 11.6. The van der Waals surface area contributed by atoms with Gasteiger partial charge in [-0.1, -0.05) is 19.4 Å². The first-order chi connectivity index (χ1) is 8.67. The highest BCUT2D eigenvalue weighted by molar-refractivity contribution is 5.78. The Hall–Kier alpha value is -1.22. The van der Waals surface area contributed by atoms with Crippen molar-refractivity contribution >= 4 is 5.78 Å². The standard InChI is InChI=1S/C15H23NO2/c1-4-6-9-13(17)11-15(18-5-2)14-10-7-8-12(3)16-14/h7-8,10,15H,4-6,9,11H2,1-3H3. The monoisotopic (exact) mass is 249 g/mol. The maximum atomic E-state index is 11.8. The Bertz CT molecular complexity index is 377. The summed E-state index contributed by atoms with van der Waals surface area (Å²) in [5, 5.41) is 0. The molecule has 3 heteroatoms. The molecule has 0 spiro atoms. The van der Waals surface area contributed by atoms with E-state index in [0.29, 0.717) is 19.4 Å². The number of rotatable bonds is 8. The molecule has 0 saturated heterocycles. The van der Waals surface area contributed by atoms with E-state index in [0.717, 1.165) is 24.2 Å². The molecule has 0 aliphatic heterocycles. The average molecular weight is 249 g/mol. The van der Waals surface area contributed by atoms with Gasteiger partial charge in [-0.15, -0.1) is 0 Å². The number of carbonyl (C=O) groups excluding carboxylic acids is 1. The zero-order chi connectivity index (χ0) is 13.4. The van der Waals surface area contributed by atoms with Crippen LogP contribution in [0.2, 0.25) is 0 Å². The second kappa shape index (κ2) is 7.98. The van der Waals surface area contributed by atoms with Crippen molar-refractivity contribution in [3.8, 4) is 0 Å². The Kier molecular flexibility index (Phi) is 6.58. The van der Waals surface area contributed by atoms with Crippen LogP contribution in [0.15, 0.2) is 18.2 Å². The summed E-state index contributed by atoms with van der Waals surface area (Å²) in [6.45, 7) is 6.58. The lowest BCUT2D eigenvalue weighted by atomic mass is 10.0. The third kappa shape index (κ3) is 4.96. The van der Waals surface area contributed by atoms with Gasteiger partial charge in [0.05, 0.1) is 5.69 Å². The molecule has 3 nitrogen and oxygen atoms in total. The highest BCUT2D eigenvalue weighted by Gasteiger charge is 2.17. The summed E-state index contributed by atoms with van der Waals surface area (Å²) in [4.78, 5) is 16.3. The van der Waals surface area contributed by atoms with E-state index >= 15 is 0 Å². The Morgan fingerprint density at radius 2 is 2.17 bits per heavy atom. The maximum Gasteiger partial charge on any atom is 0.135 e. The lowest BCUT2D eigenvalue weighted by molar-refractivity contribution is -0.122. The molecule has 1 aromatic heterocycles. The molecule has 0 N–H and O–H groups in total. The van der Waals surface area contributed by atoms with Gasteiger partial charge in [0.2, 0.25) is 0 Å². The molecule has 0 bridgehead atoms. The molecule has 0 saturated carbocycles. The highest BCUT2D eigenvalue weighted by Crippen LogP contribution is 2.21. The van der Waals surface area contributed by atoms with E-state index in [4.69, 9.17) is 4.74 Å². The summed E-state index contributed by atoms with van der Waals surface area (Å²) in [6.07, 6.45) is 2.89. The summed E-state index contributed by atoms with van der Waals surface area (Å²) in [7, 11) is 0. The number of aryl methyl sites for hydroxylation is 1. The van der Waals surface area contributed by atoms with Crippen molar-refractivity contribution < 1.29 is 9.53 Å². The third-order valence-electron chi connectivity index (χ3n) is 2.83. The van der Waals surface area contributed by atoms with E-state index in [1.165, 1.54) is 0 Å². The summed E-state index contributed by atoms with van der Waals surface area (Å²) < 4.78 is 5.65. The Labute approximate surface area is 110 Å². The van der Waals surface area contributed by atoms with Crippen LogP contribution in [0.25, 0.3) is 0 Å². The van der Waals surface area contributed by atoms with E-state index in [1.54, 1.807) is 0 Å². The van der Waals surface area contributed by atoms with E-state index in [1.807, 2.05) is 32.0 Å². The first kappa shape index (κ1) is 14.8. The number of ketones is 1. The van der Waals surface area contributed by atoms with Crippen molar-refractivity contribution in [2.45, 2.75) is 52.6 Å². The molecule has 1 rings (SSSR count).